The van der Waals surface area contributed by atoms with Gasteiger partial charge in [0.2, 0.25) is 11.8 Å². The van der Waals surface area contributed by atoms with E-state index in [4.69, 9.17) is 4.74 Å². The van der Waals surface area contributed by atoms with Crippen LogP contribution in [-0.2, 0) is 11.8 Å². The van der Waals surface area contributed by atoms with Gasteiger partial charge in [0.25, 0.3) is 5.56 Å². The Balaban J connectivity index is 2.01. The second-order valence-corrected chi connectivity index (χ2v) is 6.15. The number of carbonyl (C=O) groups is 1. The molecule has 1 unspecified atom stereocenters. The summed E-state index contributed by atoms with van der Waals surface area (Å²) < 4.78 is 6.34. The van der Waals surface area contributed by atoms with Gasteiger partial charge in [-0.15, -0.1) is 0 Å². The van der Waals surface area contributed by atoms with E-state index in [0.29, 0.717) is 12.4 Å². The maximum absolute atomic E-state index is 12.2. The van der Waals surface area contributed by atoms with E-state index in [1.54, 1.807) is 12.1 Å². The molecule has 1 aromatic carbocycles. The minimum atomic E-state index is -0.745. The van der Waals surface area contributed by atoms with Gasteiger partial charge in [0.15, 0.2) is 0 Å². The summed E-state index contributed by atoms with van der Waals surface area (Å²) in [6.07, 6.45) is 0.225. The Kier molecular flexibility index (Phi) is 4.85. The zero-order valence-corrected chi connectivity index (χ0v) is 15.2. The van der Waals surface area contributed by atoms with E-state index in [9.17, 15) is 19.5 Å². The van der Waals surface area contributed by atoms with Gasteiger partial charge in [-0.05, 0) is 24.6 Å². The summed E-state index contributed by atoms with van der Waals surface area (Å²) >= 11 is 0. The molecule has 0 spiro atoms. The maximum Gasteiger partial charge on any atom is 0.330 e. The number of amides is 1. The fourth-order valence-corrected chi connectivity index (χ4v) is 3.03. The molecule has 1 atom stereocenters. The number of aromatic nitrogens is 2. The van der Waals surface area contributed by atoms with Crippen molar-refractivity contribution in [2.24, 2.45) is 12.1 Å². The molecule has 0 aliphatic carbocycles. The number of carbonyl (C=O) groups excluding carboxylic acids is 1. The van der Waals surface area contributed by atoms with Crippen LogP contribution in [0.5, 0.6) is 11.6 Å². The molecule has 1 aromatic heterocycles. The molecular weight excluding hydrogens is 352 g/mol. The minimum absolute atomic E-state index is 0.114. The second-order valence-electron chi connectivity index (χ2n) is 6.15. The molecule has 1 aliphatic heterocycles. The number of hydrogen-bond donors (Lipinski definition) is 2. The third-order valence-electron chi connectivity index (χ3n) is 4.39. The lowest BCUT2D eigenvalue weighted by atomic mass is 9.99. The first-order valence-corrected chi connectivity index (χ1v) is 8.46. The number of aromatic amines is 1. The summed E-state index contributed by atoms with van der Waals surface area (Å²) in [7, 11) is 1.33. The fourth-order valence-electron chi connectivity index (χ4n) is 3.03. The normalized spacial score (nSPS) is 16.3. The Morgan fingerprint density at radius 3 is 2.59 bits per heavy atom. The number of nitrogens with one attached hydrogen (secondary N) is 1. The van der Waals surface area contributed by atoms with Crippen LogP contribution in [0.2, 0.25) is 0 Å². The van der Waals surface area contributed by atoms with E-state index >= 15 is 0 Å². The summed E-state index contributed by atoms with van der Waals surface area (Å²) in [6, 6.07) is 6.82. The number of aromatic hydroxyl groups is 1. The van der Waals surface area contributed by atoms with Gasteiger partial charge in [-0.1, -0.05) is 12.1 Å². The smallest absolute Gasteiger partial charge is 0.330 e. The average molecular weight is 372 g/mol. The highest BCUT2D eigenvalue weighted by atomic mass is 16.5. The van der Waals surface area contributed by atoms with E-state index in [0.717, 1.165) is 10.1 Å². The molecule has 1 aliphatic rings. The third-order valence-corrected chi connectivity index (χ3v) is 4.39. The van der Waals surface area contributed by atoms with Gasteiger partial charge < -0.3 is 9.84 Å². The molecule has 0 radical (unpaired) electrons. The third kappa shape index (κ3) is 3.35. The van der Waals surface area contributed by atoms with Crippen molar-refractivity contribution in [3.63, 3.8) is 0 Å². The monoisotopic (exact) mass is 372 g/mol. The average Bonchev–Trinajstić information content (AvgIpc) is 3.06. The van der Waals surface area contributed by atoms with Crippen molar-refractivity contribution in [2.45, 2.75) is 26.3 Å². The summed E-state index contributed by atoms with van der Waals surface area (Å²) in [5.41, 5.74) is -0.542. The van der Waals surface area contributed by atoms with Gasteiger partial charge in [0.05, 0.1) is 18.4 Å². The van der Waals surface area contributed by atoms with Crippen LogP contribution in [0.1, 0.15) is 37.4 Å². The number of rotatable bonds is 4. The van der Waals surface area contributed by atoms with Gasteiger partial charge in [0.1, 0.15) is 11.3 Å². The van der Waals surface area contributed by atoms with Crippen molar-refractivity contribution in [1.29, 1.82) is 0 Å². The molecule has 3 rings (SSSR count). The van der Waals surface area contributed by atoms with Gasteiger partial charge >= 0.3 is 5.69 Å². The van der Waals surface area contributed by atoms with Crippen LogP contribution in [0.15, 0.2) is 39.0 Å². The lowest BCUT2D eigenvalue weighted by Gasteiger charge is -2.20. The Morgan fingerprint density at radius 1 is 1.33 bits per heavy atom. The molecule has 2 heterocycles. The summed E-state index contributed by atoms with van der Waals surface area (Å²) in [5, 5.41) is 15.8. The van der Waals surface area contributed by atoms with Crippen LogP contribution < -0.4 is 16.0 Å². The van der Waals surface area contributed by atoms with E-state index in [1.165, 1.54) is 19.0 Å². The zero-order chi connectivity index (χ0) is 19.7. The first-order chi connectivity index (χ1) is 12.8. The van der Waals surface area contributed by atoms with E-state index < -0.39 is 23.2 Å². The minimum Gasteiger partial charge on any atom is -0.494 e. The summed E-state index contributed by atoms with van der Waals surface area (Å²) in [4.78, 5) is 38.0. The van der Waals surface area contributed by atoms with Gasteiger partial charge in [-0.2, -0.15) is 5.10 Å². The van der Waals surface area contributed by atoms with Gasteiger partial charge in [-0.3, -0.25) is 19.1 Å². The highest BCUT2D eigenvalue weighted by molar-refractivity contribution is 6.04. The van der Waals surface area contributed by atoms with E-state index in [2.05, 4.69) is 10.1 Å². The van der Waals surface area contributed by atoms with Crippen LogP contribution in [0, 0.1) is 0 Å². The molecule has 2 aromatic rings. The number of H-pyrrole nitrogens is 1. The first kappa shape index (κ1) is 18.4. The number of ether oxygens (including phenoxy) is 1. The standard InChI is InChI=1S/C18H20N4O5/c1-4-27-12-7-5-11(6-8-12)14-9-13(20-22(14)10(2)23)15-16(24)19-18(26)21(3)17(15)25/h5-8,14,25H,4,9H2,1-3H3,(H,19,24,26). The predicted molar refractivity (Wildman–Crippen MR) is 98.0 cm³/mol. The molecule has 1 amide bonds. The molecule has 2 N–H and O–H groups in total. The number of nitrogens with zero attached hydrogens (tertiary/aromatic N) is 3. The van der Waals surface area contributed by atoms with Gasteiger partial charge in [-0.25, -0.2) is 9.80 Å². The second kappa shape index (κ2) is 7.10. The molecule has 142 valence electrons. The Bertz CT molecular complexity index is 1020. The highest BCUT2D eigenvalue weighted by Gasteiger charge is 2.34. The Hall–Kier alpha value is -3.36. The summed E-state index contributed by atoms with van der Waals surface area (Å²) in [6.45, 7) is 3.81. The van der Waals surface area contributed by atoms with Crippen molar-refractivity contribution in [2.75, 3.05) is 6.61 Å². The molecule has 9 nitrogen and oxygen atoms in total. The Morgan fingerprint density at radius 2 is 2.00 bits per heavy atom. The molecule has 27 heavy (non-hydrogen) atoms. The molecular formula is C18H20N4O5. The van der Waals surface area contributed by atoms with Crippen molar-refractivity contribution in [3.8, 4) is 11.6 Å². The molecule has 0 bridgehead atoms. The topological polar surface area (TPSA) is 117 Å². The SMILES string of the molecule is CCOc1ccc(C2CC(c3c(O)n(C)c(=O)[nH]c3=O)=NN2C(C)=O)cc1. The lowest BCUT2D eigenvalue weighted by molar-refractivity contribution is -0.130. The number of hydrazone groups is 1. The van der Waals surface area contributed by atoms with Crippen molar-refractivity contribution in [3.05, 3.63) is 56.2 Å². The fraction of sp³-hybridized carbons (Fsp3) is 0.333. The highest BCUT2D eigenvalue weighted by Crippen LogP contribution is 2.34. The predicted octanol–water partition coefficient (Wildman–Crippen LogP) is 0.875. The Labute approximate surface area is 154 Å². The zero-order valence-electron chi connectivity index (χ0n) is 15.2. The molecule has 9 heteroatoms. The number of benzene rings is 1. The number of hydrogen-bond acceptors (Lipinski definition) is 6. The van der Waals surface area contributed by atoms with Crippen LogP contribution in [0.4, 0.5) is 0 Å². The molecule has 0 saturated carbocycles. The van der Waals surface area contributed by atoms with Gasteiger partial charge in [0, 0.05) is 20.4 Å². The van der Waals surface area contributed by atoms with Crippen LogP contribution in [0.25, 0.3) is 0 Å². The largest absolute Gasteiger partial charge is 0.494 e. The summed E-state index contributed by atoms with van der Waals surface area (Å²) in [5.74, 6) is -0.0788. The van der Waals surface area contributed by atoms with Crippen LogP contribution in [0.3, 0.4) is 0 Å². The van der Waals surface area contributed by atoms with E-state index in [1.807, 2.05) is 19.1 Å². The maximum atomic E-state index is 12.2. The van der Waals surface area contributed by atoms with E-state index in [-0.39, 0.29) is 23.6 Å². The molecule has 0 fully saturated rings. The van der Waals surface area contributed by atoms with Crippen LogP contribution in [-0.4, -0.2) is 37.9 Å². The van der Waals surface area contributed by atoms with Crippen LogP contribution >= 0.6 is 0 Å². The molecule has 0 saturated heterocycles. The van der Waals surface area contributed by atoms with Crippen molar-refractivity contribution < 1.29 is 14.6 Å². The first-order valence-electron chi connectivity index (χ1n) is 8.46. The quantitative estimate of drug-likeness (QED) is 0.826. The van der Waals surface area contributed by atoms with Crippen molar-refractivity contribution in [1.82, 2.24) is 14.6 Å². The van der Waals surface area contributed by atoms with Crippen molar-refractivity contribution >= 4 is 11.6 Å². The lowest BCUT2D eigenvalue weighted by Crippen LogP contribution is -2.32.